The van der Waals surface area contributed by atoms with Crippen LogP contribution in [0.15, 0.2) is 65.3 Å². The lowest BCUT2D eigenvalue weighted by atomic mass is 9.89. The Labute approximate surface area is 147 Å². The molecule has 3 aromatic rings. The number of hydrogen-bond acceptors (Lipinski definition) is 2. The van der Waals surface area contributed by atoms with E-state index in [1.54, 1.807) is 6.26 Å². The quantitative estimate of drug-likeness (QED) is 0.616. The SMILES string of the molecule is CC1CN(Cc2ccccc2)CC=C1c1cc(Cl)cc2ccoc12. The van der Waals surface area contributed by atoms with E-state index in [0.29, 0.717) is 5.92 Å². The maximum absolute atomic E-state index is 6.30. The van der Waals surface area contributed by atoms with Crippen molar-refractivity contribution in [2.75, 3.05) is 13.1 Å². The van der Waals surface area contributed by atoms with Crippen molar-refractivity contribution in [1.82, 2.24) is 4.90 Å². The third kappa shape index (κ3) is 3.00. The normalized spacial score (nSPS) is 18.8. The van der Waals surface area contributed by atoms with E-state index in [0.717, 1.165) is 41.2 Å². The van der Waals surface area contributed by atoms with Crippen LogP contribution in [0, 0.1) is 5.92 Å². The van der Waals surface area contributed by atoms with Gasteiger partial charge < -0.3 is 4.42 Å². The summed E-state index contributed by atoms with van der Waals surface area (Å²) in [6.45, 7) is 5.25. The number of fused-ring (bicyclic) bond motifs is 1. The largest absolute Gasteiger partial charge is 0.464 e. The zero-order valence-electron chi connectivity index (χ0n) is 13.7. The molecule has 0 N–H and O–H groups in total. The second kappa shape index (κ2) is 6.46. The molecular formula is C21H20ClNO. The van der Waals surface area contributed by atoms with E-state index >= 15 is 0 Å². The molecule has 0 saturated carbocycles. The molecule has 0 fully saturated rings. The highest BCUT2D eigenvalue weighted by Gasteiger charge is 2.22. The number of hydrogen-bond donors (Lipinski definition) is 0. The summed E-state index contributed by atoms with van der Waals surface area (Å²) in [6, 6.07) is 16.6. The Kier molecular flexibility index (Phi) is 4.17. The zero-order valence-corrected chi connectivity index (χ0v) is 14.5. The van der Waals surface area contributed by atoms with Crippen molar-refractivity contribution >= 4 is 28.1 Å². The van der Waals surface area contributed by atoms with E-state index in [1.165, 1.54) is 11.1 Å². The lowest BCUT2D eigenvalue weighted by Crippen LogP contribution is -2.32. The van der Waals surface area contributed by atoms with Crippen molar-refractivity contribution in [2.24, 2.45) is 5.92 Å². The average molecular weight is 338 g/mol. The summed E-state index contributed by atoms with van der Waals surface area (Å²) in [4.78, 5) is 2.48. The summed E-state index contributed by atoms with van der Waals surface area (Å²) in [7, 11) is 0. The lowest BCUT2D eigenvalue weighted by Gasteiger charge is -2.31. The number of rotatable bonds is 3. The minimum absolute atomic E-state index is 0.439. The summed E-state index contributed by atoms with van der Waals surface area (Å²) in [5, 5.41) is 1.83. The van der Waals surface area contributed by atoms with Crippen molar-refractivity contribution in [1.29, 1.82) is 0 Å². The van der Waals surface area contributed by atoms with Crippen LogP contribution < -0.4 is 0 Å². The van der Waals surface area contributed by atoms with Gasteiger partial charge in [-0.15, -0.1) is 0 Å². The smallest absolute Gasteiger partial charge is 0.141 e. The van der Waals surface area contributed by atoms with Crippen LogP contribution in [0.3, 0.4) is 0 Å². The fourth-order valence-electron chi connectivity index (χ4n) is 3.59. The summed E-state index contributed by atoms with van der Waals surface area (Å²) >= 11 is 6.30. The third-order valence-corrected chi connectivity index (χ3v) is 4.93. The van der Waals surface area contributed by atoms with Crippen molar-refractivity contribution in [3.05, 3.63) is 77.0 Å². The van der Waals surface area contributed by atoms with Crippen molar-refractivity contribution in [2.45, 2.75) is 13.5 Å². The Morgan fingerprint density at radius 1 is 1.17 bits per heavy atom. The molecule has 0 saturated heterocycles. The van der Waals surface area contributed by atoms with Gasteiger partial charge in [-0.1, -0.05) is 54.9 Å². The minimum atomic E-state index is 0.439. The van der Waals surface area contributed by atoms with E-state index in [2.05, 4.69) is 48.2 Å². The second-order valence-electron chi connectivity index (χ2n) is 6.53. The summed E-state index contributed by atoms with van der Waals surface area (Å²) in [6.07, 6.45) is 4.06. The second-order valence-corrected chi connectivity index (χ2v) is 6.97. The predicted octanol–water partition coefficient (Wildman–Crippen LogP) is 5.62. The monoisotopic (exact) mass is 337 g/mol. The summed E-state index contributed by atoms with van der Waals surface area (Å²) in [5.41, 5.74) is 4.77. The van der Waals surface area contributed by atoms with Gasteiger partial charge in [-0.25, -0.2) is 0 Å². The van der Waals surface area contributed by atoms with Crippen LogP contribution in [0.4, 0.5) is 0 Å². The molecule has 1 aliphatic rings. The first-order chi connectivity index (χ1) is 11.7. The molecule has 2 aromatic carbocycles. The van der Waals surface area contributed by atoms with Crippen LogP contribution in [0.25, 0.3) is 16.5 Å². The molecule has 3 heteroatoms. The molecule has 4 rings (SSSR count). The number of benzene rings is 2. The molecule has 24 heavy (non-hydrogen) atoms. The Morgan fingerprint density at radius 2 is 2.00 bits per heavy atom. The predicted molar refractivity (Wildman–Crippen MR) is 100 cm³/mol. The van der Waals surface area contributed by atoms with Crippen LogP contribution in [-0.4, -0.2) is 18.0 Å². The van der Waals surface area contributed by atoms with Gasteiger partial charge in [0.1, 0.15) is 5.58 Å². The molecule has 122 valence electrons. The van der Waals surface area contributed by atoms with Gasteiger partial charge in [-0.3, -0.25) is 4.90 Å². The summed E-state index contributed by atoms with van der Waals surface area (Å²) in [5.74, 6) is 0.439. The van der Waals surface area contributed by atoms with Crippen LogP contribution >= 0.6 is 11.6 Å². The van der Waals surface area contributed by atoms with Gasteiger partial charge in [0.15, 0.2) is 0 Å². The van der Waals surface area contributed by atoms with Gasteiger partial charge in [-0.2, -0.15) is 0 Å². The van der Waals surface area contributed by atoms with E-state index < -0.39 is 0 Å². The maximum Gasteiger partial charge on any atom is 0.141 e. The van der Waals surface area contributed by atoms with Crippen LogP contribution in [0.5, 0.6) is 0 Å². The van der Waals surface area contributed by atoms with Gasteiger partial charge >= 0.3 is 0 Å². The molecule has 2 nitrogen and oxygen atoms in total. The Bertz CT molecular complexity index is 881. The molecule has 1 unspecified atom stereocenters. The van der Waals surface area contributed by atoms with Crippen LogP contribution in [-0.2, 0) is 6.54 Å². The molecule has 1 aliphatic heterocycles. The van der Waals surface area contributed by atoms with E-state index in [4.69, 9.17) is 16.0 Å². The number of halogens is 1. The minimum Gasteiger partial charge on any atom is -0.464 e. The molecule has 0 bridgehead atoms. The molecule has 0 radical (unpaired) electrons. The van der Waals surface area contributed by atoms with E-state index in [1.807, 2.05) is 18.2 Å². The molecule has 1 aromatic heterocycles. The Morgan fingerprint density at radius 3 is 2.79 bits per heavy atom. The summed E-state index contributed by atoms with van der Waals surface area (Å²) < 4.78 is 5.71. The lowest BCUT2D eigenvalue weighted by molar-refractivity contribution is 0.263. The molecule has 1 atom stereocenters. The van der Waals surface area contributed by atoms with Gasteiger partial charge in [0.05, 0.1) is 6.26 Å². The first kappa shape index (κ1) is 15.5. The maximum atomic E-state index is 6.30. The van der Waals surface area contributed by atoms with Crippen LogP contribution in [0.1, 0.15) is 18.1 Å². The topological polar surface area (TPSA) is 16.4 Å². The molecule has 2 heterocycles. The highest BCUT2D eigenvalue weighted by molar-refractivity contribution is 6.31. The fourth-order valence-corrected chi connectivity index (χ4v) is 3.82. The number of furan rings is 1. The van der Waals surface area contributed by atoms with Crippen molar-refractivity contribution in [3.8, 4) is 0 Å². The first-order valence-electron chi connectivity index (χ1n) is 8.34. The third-order valence-electron chi connectivity index (χ3n) is 4.71. The standard InChI is InChI=1S/C21H20ClNO/c1-15-13-23(14-16-5-3-2-4-6-16)9-7-19(15)20-12-18(22)11-17-8-10-24-21(17)20/h2-8,10-12,15H,9,13-14H2,1H3. The van der Waals surface area contributed by atoms with E-state index in [-0.39, 0.29) is 0 Å². The zero-order chi connectivity index (χ0) is 16.5. The highest BCUT2D eigenvalue weighted by atomic mass is 35.5. The van der Waals surface area contributed by atoms with E-state index in [9.17, 15) is 0 Å². The van der Waals surface area contributed by atoms with Gasteiger partial charge in [0, 0.05) is 35.6 Å². The fraction of sp³-hybridized carbons (Fsp3) is 0.238. The van der Waals surface area contributed by atoms with Crippen molar-refractivity contribution < 1.29 is 4.42 Å². The average Bonchev–Trinajstić information content (AvgIpc) is 3.03. The van der Waals surface area contributed by atoms with Gasteiger partial charge in [0.25, 0.3) is 0 Å². The molecule has 0 spiro atoms. The number of nitrogens with zero attached hydrogens (tertiary/aromatic N) is 1. The highest BCUT2D eigenvalue weighted by Crippen LogP contribution is 2.35. The molecule has 0 amide bonds. The molecule has 0 aliphatic carbocycles. The van der Waals surface area contributed by atoms with Gasteiger partial charge in [0.2, 0.25) is 0 Å². The van der Waals surface area contributed by atoms with Crippen molar-refractivity contribution in [3.63, 3.8) is 0 Å². The molecular weight excluding hydrogens is 318 g/mol. The first-order valence-corrected chi connectivity index (χ1v) is 8.72. The van der Waals surface area contributed by atoms with Gasteiger partial charge in [-0.05, 0) is 35.3 Å². The Hall–Kier alpha value is -2.03. The van der Waals surface area contributed by atoms with Crippen LogP contribution in [0.2, 0.25) is 5.02 Å². The Balaban J connectivity index is 1.61.